The van der Waals surface area contributed by atoms with Crippen LogP contribution in [0.1, 0.15) is 59.9 Å². The van der Waals surface area contributed by atoms with Crippen LogP contribution in [0, 0.1) is 11.8 Å². The SMILES string of the molecule is CC(C)C[C@H](CC(=O)[C@@H](NC(=O)OCc1ccccc1)C(C)OC(C)(C)C)C(=O)O. The summed E-state index contributed by atoms with van der Waals surface area (Å²) in [6, 6.07) is 8.17. The minimum Gasteiger partial charge on any atom is -0.481 e. The number of ketones is 1. The van der Waals surface area contributed by atoms with Crippen LogP contribution in [0.5, 0.6) is 0 Å². The van der Waals surface area contributed by atoms with Crippen molar-refractivity contribution in [2.45, 2.75) is 78.7 Å². The molecule has 0 aliphatic rings. The maximum atomic E-state index is 13.0. The van der Waals surface area contributed by atoms with Crippen LogP contribution in [-0.4, -0.2) is 40.7 Å². The molecule has 7 nitrogen and oxygen atoms in total. The second kappa shape index (κ2) is 11.7. The summed E-state index contributed by atoms with van der Waals surface area (Å²) in [5.74, 6) is -2.10. The monoisotopic (exact) mass is 421 g/mol. The van der Waals surface area contributed by atoms with Crippen molar-refractivity contribution in [1.82, 2.24) is 5.32 Å². The molecule has 30 heavy (non-hydrogen) atoms. The second-order valence-corrected chi connectivity index (χ2v) is 8.95. The molecule has 1 aromatic rings. The molecule has 1 rings (SSSR count). The number of carboxylic acid groups (broad SMARTS) is 1. The van der Waals surface area contributed by atoms with Crippen molar-refractivity contribution in [3.63, 3.8) is 0 Å². The zero-order valence-electron chi connectivity index (χ0n) is 18.8. The van der Waals surface area contributed by atoms with Gasteiger partial charge in [-0.1, -0.05) is 44.2 Å². The Kier molecular flexibility index (Phi) is 9.99. The molecule has 0 saturated heterocycles. The van der Waals surface area contributed by atoms with Crippen LogP contribution in [0.4, 0.5) is 4.79 Å². The summed E-state index contributed by atoms with van der Waals surface area (Å²) >= 11 is 0. The lowest BCUT2D eigenvalue weighted by atomic mass is 9.89. The number of rotatable bonds is 11. The number of Topliss-reactive ketones (excluding diaryl/α,β-unsaturated/α-hetero) is 1. The van der Waals surface area contributed by atoms with Crippen LogP contribution >= 0.6 is 0 Å². The third kappa shape index (κ3) is 9.87. The molecule has 168 valence electrons. The number of ether oxygens (including phenoxy) is 2. The quantitative estimate of drug-likeness (QED) is 0.555. The van der Waals surface area contributed by atoms with Gasteiger partial charge >= 0.3 is 12.1 Å². The summed E-state index contributed by atoms with van der Waals surface area (Å²) in [7, 11) is 0. The van der Waals surface area contributed by atoms with E-state index in [0.717, 1.165) is 5.56 Å². The van der Waals surface area contributed by atoms with Gasteiger partial charge in [0.05, 0.1) is 17.6 Å². The summed E-state index contributed by atoms with van der Waals surface area (Å²) in [5.41, 5.74) is 0.273. The Morgan fingerprint density at radius 1 is 1.07 bits per heavy atom. The summed E-state index contributed by atoms with van der Waals surface area (Å²) < 4.78 is 11.1. The molecular weight excluding hydrogens is 386 g/mol. The van der Waals surface area contributed by atoms with E-state index in [1.807, 2.05) is 65.0 Å². The fourth-order valence-corrected chi connectivity index (χ4v) is 3.19. The highest BCUT2D eigenvalue weighted by atomic mass is 16.5. The molecule has 0 radical (unpaired) electrons. The van der Waals surface area contributed by atoms with Crippen LogP contribution in [0.15, 0.2) is 30.3 Å². The predicted molar refractivity (Wildman–Crippen MR) is 114 cm³/mol. The summed E-state index contributed by atoms with van der Waals surface area (Å²) in [6.45, 7) is 11.1. The van der Waals surface area contributed by atoms with Crippen molar-refractivity contribution in [3.05, 3.63) is 35.9 Å². The molecule has 0 fully saturated rings. The number of alkyl carbamates (subject to hydrolysis) is 1. The highest BCUT2D eigenvalue weighted by Gasteiger charge is 2.34. The minimum absolute atomic E-state index is 0.0627. The van der Waals surface area contributed by atoms with Gasteiger partial charge in [0.2, 0.25) is 0 Å². The van der Waals surface area contributed by atoms with Crippen molar-refractivity contribution in [2.24, 2.45) is 11.8 Å². The molecule has 0 saturated carbocycles. The average molecular weight is 422 g/mol. The van der Waals surface area contributed by atoms with Gasteiger partial charge in [-0.15, -0.1) is 0 Å². The molecule has 0 heterocycles. The van der Waals surface area contributed by atoms with E-state index in [9.17, 15) is 19.5 Å². The Hall–Kier alpha value is -2.41. The molecule has 0 bridgehead atoms. The number of benzene rings is 1. The summed E-state index contributed by atoms with van der Waals surface area (Å²) in [4.78, 5) is 36.9. The van der Waals surface area contributed by atoms with E-state index < -0.39 is 41.5 Å². The van der Waals surface area contributed by atoms with Crippen molar-refractivity contribution in [3.8, 4) is 0 Å². The van der Waals surface area contributed by atoms with Crippen LogP contribution < -0.4 is 5.32 Å². The lowest BCUT2D eigenvalue weighted by Gasteiger charge is -2.31. The lowest BCUT2D eigenvalue weighted by molar-refractivity contribution is -0.145. The lowest BCUT2D eigenvalue weighted by Crippen LogP contribution is -2.51. The van der Waals surface area contributed by atoms with Crippen molar-refractivity contribution < 1.29 is 29.0 Å². The summed E-state index contributed by atoms with van der Waals surface area (Å²) in [5, 5.41) is 12.1. The number of aliphatic carboxylic acids is 1. The first kappa shape index (κ1) is 25.6. The highest BCUT2D eigenvalue weighted by molar-refractivity contribution is 5.90. The van der Waals surface area contributed by atoms with Gasteiger partial charge in [0.25, 0.3) is 0 Å². The molecule has 1 amide bonds. The third-order valence-corrected chi connectivity index (χ3v) is 4.39. The molecule has 0 spiro atoms. The van der Waals surface area contributed by atoms with Gasteiger partial charge in [0.1, 0.15) is 12.6 Å². The number of carboxylic acids is 1. The molecule has 1 aromatic carbocycles. The standard InChI is InChI=1S/C23H35NO6/c1-15(2)12-18(21(26)27)13-19(25)20(16(3)30-23(4,5)6)24-22(28)29-14-17-10-8-7-9-11-17/h7-11,15-16,18,20H,12-14H2,1-6H3,(H,24,28)(H,26,27)/t16?,18-,20+/m1/s1. The number of hydrogen-bond acceptors (Lipinski definition) is 5. The van der Waals surface area contributed by atoms with Crippen molar-refractivity contribution in [1.29, 1.82) is 0 Å². The number of hydrogen-bond donors (Lipinski definition) is 2. The Morgan fingerprint density at radius 3 is 2.17 bits per heavy atom. The van der Waals surface area contributed by atoms with E-state index in [1.54, 1.807) is 6.92 Å². The van der Waals surface area contributed by atoms with Crippen molar-refractivity contribution in [2.75, 3.05) is 0 Å². The van der Waals surface area contributed by atoms with Gasteiger partial charge in [0.15, 0.2) is 5.78 Å². The molecule has 1 unspecified atom stereocenters. The predicted octanol–water partition coefficient (Wildman–Crippen LogP) is 4.19. The fraction of sp³-hybridized carbons (Fsp3) is 0.609. The Balaban J connectivity index is 2.87. The molecule has 0 aromatic heterocycles. The van der Waals surface area contributed by atoms with E-state index in [-0.39, 0.29) is 18.9 Å². The van der Waals surface area contributed by atoms with Gasteiger partial charge in [-0.3, -0.25) is 9.59 Å². The average Bonchev–Trinajstić information content (AvgIpc) is 2.62. The van der Waals surface area contributed by atoms with E-state index in [1.165, 1.54) is 0 Å². The van der Waals surface area contributed by atoms with Crippen LogP contribution in [0.2, 0.25) is 0 Å². The Labute approximate surface area is 179 Å². The minimum atomic E-state index is -1.02. The first-order valence-electron chi connectivity index (χ1n) is 10.3. The van der Waals surface area contributed by atoms with Gasteiger partial charge in [-0.2, -0.15) is 0 Å². The van der Waals surface area contributed by atoms with Gasteiger partial charge in [-0.25, -0.2) is 4.79 Å². The molecule has 3 atom stereocenters. The zero-order chi connectivity index (χ0) is 22.9. The topological polar surface area (TPSA) is 102 Å². The van der Waals surface area contributed by atoms with Crippen LogP contribution in [0.25, 0.3) is 0 Å². The Bertz CT molecular complexity index is 695. The first-order valence-corrected chi connectivity index (χ1v) is 10.3. The number of carbonyl (C=O) groups is 3. The Morgan fingerprint density at radius 2 is 1.67 bits per heavy atom. The van der Waals surface area contributed by atoms with Crippen LogP contribution in [0.3, 0.4) is 0 Å². The summed E-state index contributed by atoms with van der Waals surface area (Å²) in [6.07, 6.45) is -1.22. The molecule has 2 N–H and O–H groups in total. The van der Waals surface area contributed by atoms with E-state index >= 15 is 0 Å². The number of amides is 1. The van der Waals surface area contributed by atoms with E-state index in [2.05, 4.69) is 5.32 Å². The highest BCUT2D eigenvalue weighted by Crippen LogP contribution is 2.20. The zero-order valence-corrected chi connectivity index (χ0v) is 18.8. The second-order valence-electron chi connectivity index (χ2n) is 8.95. The van der Waals surface area contributed by atoms with Crippen LogP contribution in [-0.2, 0) is 25.7 Å². The van der Waals surface area contributed by atoms with Gasteiger partial charge in [-0.05, 0) is 45.6 Å². The molecular formula is C23H35NO6. The van der Waals surface area contributed by atoms with Gasteiger partial charge < -0.3 is 19.9 Å². The normalized spacial score (nSPS) is 14.6. The van der Waals surface area contributed by atoms with Crippen molar-refractivity contribution >= 4 is 17.8 Å². The molecule has 7 heteroatoms. The molecule has 0 aliphatic carbocycles. The smallest absolute Gasteiger partial charge is 0.408 e. The third-order valence-electron chi connectivity index (χ3n) is 4.39. The van der Waals surface area contributed by atoms with Gasteiger partial charge in [0, 0.05) is 6.42 Å². The largest absolute Gasteiger partial charge is 0.481 e. The molecule has 0 aliphatic heterocycles. The fourth-order valence-electron chi connectivity index (χ4n) is 3.19. The maximum absolute atomic E-state index is 13.0. The first-order chi connectivity index (χ1) is 13.9. The van der Waals surface area contributed by atoms with E-state index in [4.69, 9.17) is 9.47 Å². The van der Waals surface area contributed by atoms with E-state index in [0.29, 0.717) is 6.42 Å². The maximum Gasteiger partial charge on any atom is 0.408 e. The number of carbonyl (C=O) groups excluding carboxylic acids is 2. The number of nitrogens with one attached hydrogen (secondary N) is 1.